The first-order valence-electron chi connectivity index (χ1n) is 4.88. The molecule has 4 heteroatoms. The van der Waals surface area contributed by atoms with Crippen LogP contribution in [0.2, 0.25) is 0 Å². The Kier molecular flexibility index (Phi) is 3.88. The molecule has 1 aliphatic rings. The fourth-order valence-corrected chi connectivity index (χ4v) is 2.27. The van der Waals surface area contributed by atoms with Gasteiger partial charge in [-0.05, 0) is 24.3 Å². The zero-order chi connectivity index (χ0) is 10.5. The number of rotatable bonds is 3. The average molecular weight is 226 g/mol. The van der Waals surface area contributed by atoms with Gasteiger partial charge in [0.25, 0.3) is 0 Å². The molecule has 0 aliphatic carbocycles. The van der Waals surface area contributed by atoms with E-state index in [4.69, 9.17) is 14.2 Å². The molecule has 0 amide bonds. The minimum atomic E-state index is 0.118. The van der Waals surface area contributed by atoms with Gasteiger partial charge in [-0.25, -0.2) is 0 Å². The van der Waals surface area contributed by atoms with Gasteiger partial charge in [-0.1, -0.05) is 11.8 Å². The third-order valence-corrected chi connectivity index (χ3v) is 3.19. The van der Waals surface area contributed by atoms with E-state index in [1.165, 1.54) is 4.90 Å². The maximum Gasteiger partial charge on any atom is 0.131 e. The van der Waals surface area contributed by atoms with Crippen LogP contribution in [0.1, 0.15) is 0 Å². The van der Waals surface area contributed by atoms with Gasteiger partial charge in [0, 0.05) is 4.90 Å². The fraction of sp³-hybridized carbons (Fsp3) is 0.455. The summed E-state index contributed by atoms with van der Waals surface area (Å²) in [5, 5.41) is 0. The van der Waals surface area contributed by atoms with Crippen LogP contribution >= 0.6 is 11.8 Å². The maximum absolute atomic E-state index is 5.55. The van der Waals surface area contributed by atoms with E-state index in [2.05, 4.69) is 0 Å². The van der Waals surface area contributed by atoms with Gasteiger partial charge in [0.1, 0.15) is 11.2 Å². The van der Waals surface area contributed by atoms with E-state index in [-0.39, 0.29) is 5.44 Å². The molecular weight excluding hydrogens is 212 g/mol. The second kappa shape index (κ2) is 5.39. The molecule has 2 rings (SSSR count). The van der Waals surface area contributed by atoms with Crippen molar-refractivity contribution in [3.05, 3.63) is 24.3 Å². The highest BCUT2D eigenvalue weighted by atomic mass is 32.2. The van der Waals surface area contributed by atoms with E-state index in [9.17, 15) is 0 Å². The van der Waals surface area contributed by atoms with Crippen LogP contribution in [0.25, 0.3) is 0 Å². The molecule has 0 bridgehead atoms. The van der Waals surface area contributed by atoms with Crippen LogP contribution in [0.4, 0.5) is 0 Å². The van der Waals surface area contributed by atoms with Crippen molar-refractivity contribution in [3.8, 4) is 5.75 Å². The standard InChI is InChI=1S/C11H14O3S/c1-12-9-2-4-10(5-3-9)15-11-8-13-6-7-14-11/h2-5,11H,6-8H2,1H3. The zero-order valence-electron chi connectivity index (χ0n) is 8.64. The summed E-state index contributed by atoms with van der Waals surface area (Å²) in [7, 11) is 1.67. The normalized spacial score (nSPS) is 21.3. The topological polar surface area (TPSA) is 27.7 Å². The molecule has 3 nitrogen and oxygen atoms in total. The monoisotopic (exact) mass is 226 g/mol. The SMILES string of the molecule is COc1ccc(SC2COCCO2)cc1. The first-order chi connectivity index (χ1) is 7.38. The summed E-state index contributed by atoms with van der Waals surface area (Å²) >= 11 is 1.68. The van der Waals surface area contributed by atoms with Crippen LogP contribution in [0.15, 0.2) is 29.2 Å². The van der Waals surface area contributed by atoms with Crippen molar-refractivity contribution < 1.29 is 14.2 Å². The number of thioether (sulfide) groups is 1. The molecule has 0 N–H and O–H groups in total. The summed E-state index contributed by atoms with van der Waals surface area (Å²) < 4.78 is 16.0. The molecule has 1 unspecified atom stereocenters. The Morgan fingerprint density at radius 2 is 2.07 bits per heavy atom. The van der Waals surface area contributed by atoms with Gasteiger partial charge in [-0.3, -0.25) is 0 Å². The molecule has 1 aromatic carbocycles. The fourth-order valence-electron chi connectivity index (χ4n) is 1.34. The van der Waals surface area contributed by atoms with Crippen molar-refractivity contribution in [2.75, 3.05) is 26.9 Å². The van der Waals surface area contributed by atoms with Crippen LogP contribution in [0, 0.1) is 0 Å². The molecule has 0 aromatic heterocycles. The highest BCUT2D eigenvalue weighted by Gasteiger charge is 2.15. The van der Waals surface area contributed by atoms with E-state index in [1.54, 1.807) is 18.9 Å². The average Bonchev–Trinajstić information content (AvgIpc) is 2.31. The lowest BCUT2D eigenvalue weighted by Gasteiger charge is -2.22. The van der Waals surface area contributed by atoms with Crippen molar-refractivity contribution in [1.29, 1.82) is 0 Å². The lowest BCUT2D eigenvalue weighted by Crippen LogP contribution is -2.25. The van der Waals surface area contributed by atoms with E-state index >= 15 is 0 Å². The third kappa shape index (κ3) is 3.12. The van der Waals surface area contributed by atoms with E-state index in [0.717, 1.165) is 5.75 Å². The first kappa shape index (κ1) is 10.8. The molecule has 0 radical (unpaired) electrons. The van der Waals surface area contributed by atoms with E-state index < -0.39 is 0 Å². The summed E-state index contributed by atoms with van der Waals surface area (Å²) in [6.45, 7) is 2.06. The van der Waals surface area contributed by atoms with Gasteiger partial charge in [-0.2, -0.15) is 0 Å². The van der Waals surface area contributed by atoms with Gasteiger partial charge < -0.3 is 14.2 Å². The lowest BCUT2D eigenvalue weighted by atomic mass is 10.3. The Morgan fingerprint density at radius 3 is 2.67 bits per heavy atom. The maximum atomic E-state index is 5.55. The van der Waals surface area contributed by atoms with Crippen molar-refractivity contribution in [1.82, 2.24) is 0 Å². The lowest BCUT2D eigenvalue weighted by molar-refractivity contribution is -0.0498. The quantitative estimate of drug-likeness (QED) is 0.789. The molecule has 1 fully saturated rings. The number of ether oxygens (including phenoxy) is 3. The molecule has 1 aliphatic heterocycles. The Bertz CT molecular complexity index is 293. The predicted molar refractivity (Wildman–Crippen MR) is 59.4 cm³/mol. The largest absolute Gasteiger partial charge is 0.497 e. The molecule has 0 spiro atoms. The second-order valence-corrected chi connectivity index (χ2v) is 4.40. The van der Waals surface area contributed by atoms with Gasteiger partial charge in [-0.15, -0.1) is 0 Å². The van der Waals surface area contributed by atoms with Crippen LogP contribution in [-0.4, -0.2) is 32.4 Å². The highest BCUT2D eigenvalue weighted by molar-refractivity contribution is 7.99. The van der Waals surface area contributed by atoms with E-state index in [1.807, 2.05) is 24.3 Å². The minimum absolute atomic E-state index is 0.118. The van der Waals surface area contributed by atoms with Crippen molar-refractivity contribution >= 4 is 11.8 Å². The number of hydrogen-bond donors (Lipinski definition) is 0. The van der Waals surface area contributed by atoms with Crippen molar-refractivity contribution in [2.45, 2.75) is 10.3 Å². The molecule has 1 aromatic rings. The molecule has 82 valence electrons. The number of hydrogen-bond acceptors (Lipinski definition) is 4. The van der Waals surface area contributed by atoms with Crippen LogP contribution in [0.5, 0.6) is 5.75 Å². The molecular formula is C11H14O3S. The molecule has 1 heterocycles. The Labute approximate surface area is 93.7 Å². The van der Waals surface area contributed by atoms with Crippen molar-refractivity contribution in [3.63, 3.8) is 0 Å². The molecule has 0 saturated carbocycles. The summed E-state index contributed by atoms with van der Waals surface area (Å²) in [5.74, 6) is 0.875. The Hall–Kier alpha value is -0.710. The van der Waals surface area contributed by atoms with Gasteiger partial charge in [0.15, 0.2) is 0 Å². The van der Waals surface area contributed by atoms with Gasteiger partial charge in [0.05, 0.1) is 26.9 Å². The number of benzene rings is 1. The molecule has 1 saturated heterocycles. The van der Waals surface area contributed by atoms with Crippen LogP contribution < -0.4 is 4.74 Å². The first-order valence-corrected chi connectivity index (χ1v) is 5.76. The van der Waals surface area contributed by atoms with Crippen LogP contribution in [-0.2, 0) is 9.47 Å². The number of methoxy groups -OCH3 is 1. The third-order valence-electron chi connectivity index (χ3n) is 2.11. The summed E-state index contributed by atoms with van der Waals surface area (Å²) in [6, 6.07) is 7.96. The van der Waals surface area contributed by atoms with Gasteiger partial charge in [0.2, 0.25) is 0 Å². The van der Waals surface area contributed by atoms with Crippen molar-refractivity contribution in [2.24, 2.45) is 0 Å². The zero-order valence-corrected chi connectivity index (χ0v) is 9.46. The van der Waals surface area contributed by atoms with Crippen LogP contribution in [0.3, 0.4) is 0 Å². The van der Waals surface area contributed by atoms with E-state index in [0.29, 0.717) is 19.8 Å². The predicted octanol–water partition coefficient (Wildman–Crippen LogP) is 2.16. The Balaban J connectivity index is 1.91. The summed E-state index contributed by atoms with van der Waals surface area (Å²) in [6.07, 6.45) is 0. The smallest absolute Gasteiger partial charge is 0.131 e. The second-order valence-electron chi connectivity index (χ2n) is 3.17. The van der Waals surface area contributed by atoms with Gasteiger partial charge >= 0.3 is 0 Å². The molecule has 15 heavy (non-hydrogen) atoms. The highest BCUT2D eigenvalue weighted by Crippen LogP contribution is 2.27. The molecule has 1 atom stereocenters. The minimum Gasteiger partial charge on any atom is -0.497 e. The summed E-state index contributed by atoms with van der Waals surface area (Å²) in [4.78, 5) is 1.17. The Morgan fingerprint density at radius 1 is 1.27 bits per heavy atom. The summed E-state index contributed by atoms with van der Waals surface area (Å²) in [5.41, 5.74) is 0.118.